The molecule has 12 heavy (non-hydrogen) atoms. The number of ether oxygens (including phenoxy) is 1. The summed E-state index contributed by atoms with van der Waals surface area (Å²) in [5, 5.41) is 8.05. The van der Waals surface area contributed by atoms with Crippen LogP contribution in [0.15, 0.2) is 12.3 Å². The van der Waals surface area contributed by atoms with Gasteiger partial charge < -0.3 is 14.7 Å². The Balaban J connectivity index is 2.96. The van der Waals surface area contributed by atoms with Gasteiger partial charge in [-0.25, -0.2) is 4.79 Å². The zero-order valence-corrected chi connectivity index (χ0v) is 6.86. The second-order valence-corrected chi connectivity index (χ2v) is 1.86. The minimum absolute atomic E-state index is 0.120. The maximum Gasteiger partial charge on any atom is 0.505 e. The van der Waals surface area contributed by atoms with Gasteiger partial charge in [-0.2, -0.15) is 4.89 Å². The van der Waals surface area contributed by atoms with E-state index in [1.165, 1.54) is 6.26 Å². The van der Waals surface area contributed by atoms with Crippen LogP contribution in [-0.2, 0) is 14.5 Å². The highest BCUT2D eigenvalue weighted by Crippen LogP contribution is 1.87. The largest absolute Gasteiger partial charge is 0.505 e. The molecule has 0 fully saturated rings. The average molecular weight is 176 g/mol. The third kappa shape index (κ3) is 8.77. The van der Waals surface area contributed by atoms with Crippen LogP contribution in [0.4, 0.5) is 4.79 Å². The van der Waals surface area contributed by atoms with E-state index < -0.39 is 6.16 Å². The molecule has 0 saturated heterocycles. The van der Waals surface area contributed by atoms with Crippen molar-refractivity contribution in [2.75, 3.05) is 13.2 Å². The van der Waals surface area contributed by atoms with E-state index in [0.717, 1.165) is 0 Å². The summed E-state index contributed by atoms with van der Waals surface area (Å²) >= 11 is 0. The van der Waals surface area contributed by atoms with Crippen LogP contribution in [0.25, 0.3) is 0 Å². The fourth-order valence-electron chi connectivity index (χ4n) is 0.420. The van der Waals surface area contributed by atoms with Crippen molar-refractivity contribution in [1.82, 2.24) is 0 Å². The van der Waals surface area contributed by atoms with Crippen molar-refractivity contribution in [2.45, 2.75) is 13.3 Å². The molecule has 0 atom stereocenters. The maximum absolute atomic E-state index is 9.83. The van der Waals surface area contributed by atoms with E-state index in [4.69, 9.17) is 5.11 Å². The molecule has 70 valence electrons. The van der Waals surface area contributed by atoms with Crippen molar-refractivity contribution in [3.8, 4) is 0 Å². The summed E-state index contributed by atoms with van der Waals surface area (Å²) in [5.74, 6) is 0. The third-order valence-corrected chi connectivity index (χ3v) is 0.857. The van der Waals surface area contributed by atoms with Gasteiger partial charge in [0, 0.05) is 6.42 Å². The van der Waals surface area contributed by atoms with Gasteiger partial charge in [0.1, 0.15) is 6.26 Å². The van der Waals surface area contributed by atoms with Crippen LogP contribution in [0, 0.1) is 0 Å². The van der Waals surface area contributed by atoms with Crippen LogP contribution < -0.4 is 0 Å². The number of carbonyl (C=O) groups is 1. The number of rotatable bonds is 6. The molecule has 0 spiro atoms. The first-order chi connectivity index (χ1) is 5.77. The minimum atomic E-state index is -1.27. The Morgan fingerprint density at radius 1 is 1.50 bits per heavy atom. The summed E-state index contributed by atoms with van der Waals surface area (Å²) in [6.45, 7) is 2.21. The molecule has 1 N–H and O–H groups in total. The van der Waals surface area contributed by atoms with Gasteiger partial charge in [-0.3, -0.25) is 0 Å². The molecule has 0 aromatic heterocycles. The average Bonchev–Trinajstić information content (AvgIpc) is 2.02. The molecule has 0 heterocycles. The molecule has 0 rings (SSSR count). The van der Waals surface area contributed by atoms with Crippen molar-refractivity contribution >= 4 is 6.16 Å². The Morgan fingerprint density at radius 2 is 2.25 bits per heavy atom. The van der Waals surface area contributed by atoms with Crippen LogP contribution in [0.2, 0.25) is 0 Å². The van der Waals surface area contributed by atoms with Crippen LogP contribution in [0.3, 0.4) is 0 Å². The molecular formula is C7H12O5. The van der Waals surface area contributed by atoms with Crippen molar-refractivity contribution in [3.63, 3.8) is 0 Å². The first-order valence-corrected chi connectivity index (χ1v) is 3.52. The van der Waals surface area contributed by atoms with Crippen LogP contribution in [0.5, 0.6) is 0 Å². The minimum Gasteiger partial charge on any atom is -0.450 e. The number of carboxylic acid groups (broad SMARTS) is 1. The lowest BCUT2D eigenvalue weighted by Crippen LogP contribution is -2.04. The molecule has 0 saturated carbocycles. The molecular weight excluding hydrogens is 164 g/mol. The van der Waals surface area contributed by atoms with Gasteiger partial charge in [0.25, 0.3) is 0 Å². The molecule has 0 aliphatic carbocycles. The molecule has 0 bridgehead atoms. The van der Waals surface area contributed by atoms with Gasteiger partial charge in [-0.1, -0.05) is 0 Å². The Bertz CT molecular complexity index is 143. The summed E-state index contributed by atoms with van der Waals surface area (Å²) in [7, 11) is 0. The SMILES string of the molecule is CC=COOCCCOC(=O)O. The fraction of sp³-hybridized carbons (Fsp3) is 0.571. The van der Waals surface area contributed by atoms with Gasteiger partial charge in [0.2, 0.25) is 0 Å². The standard InChI is InChI=1S/C7H12O5/c1-2-4-11-12-6-3-5-10-7(8)9/h2,4H,3,5-6H2,1H3,(H,8,9). The highest BCUT2D eigenvalue weighted by Gasteiger charge is 1.94. The summed E-state index contributed by atoms with van der Waals surface area (Å²) in [4.78, 5) is 18.9. The van der Waals surface area contributed by atoms with Crippen molar-refractivity contribution in [2.24, 2.45) is 0 Å². The van der Waals surface area contributed by atoms with Gasteiger partial charge >= 0.3 is 6.16 Å². The van der Waals surface area contributed by atoms with Crippen LogP contribution in [0.1, 0.15) is 13.3 Å². The first-order valence-electron chi connectivity index (χ1n) is 3.52. The third-order valence-electron chi connectivity index (χ3n) is 0.857. The van der Waals surface area contributed by atoms with E-state index >= 15 is 0 Å². The summed E-state index contributed by atoms with van der Waals surface area (Å²) < 4.78 is 4.21. The molecule has 0 aromatic rings. The monoisotopic (exact) mass is 176 g/mol. The first kappa shape index (κ1) is 10.8. The number of hydrogen-bond acceptors (Lipinski definition) is 4. The predicted octanol–water partition coefficient (Wildman–Crippen LogP) is 1.55. The van der Waals surface area contributed by atoms with Gasteiger partial charge in [0.15, 0.2) is 0 Å². The summed E-state index contributed by atoms with van der Waals surface area (Å²) in [5.41, 5.74) is 0. The topological polar surface area (TPSA) is 65.0 Å². The fourth-order valence-corrected chi connectivity index (χ4v) is 0.420. The number of hydrogen-bond donors (Lipinski definition) is 1. The predicted molar refractivity (Wildman–Crippen MR) is 40.4 cm³/mol. The second-order valence-electron chi connectivity index (χ2n) is 1.86. The highest BCUT2D eigenvalue weighted by molar-refractivity contribution is 5.56. The highest BCUT2D eigenvalue weighted by atomic mass is 17.2. The zero-order chi connectivity index (χ0) is 9.23. The molecule has 0 aliphatic rings. The van der Waals surface area contributed by atoms with Gasteiger partial charge in [-0.15, -0.1) is 0 Å². The van der Waals surface area contributed by atoms with Crippen molar-refractivity contribution < 1.29 is 24.4 Å². The summed E-state index contributed by atoms with van der Waals surface area (Å²) in [6.07, 6.45) is 2.26. The molecule has 0 radical (unpaired) electrons. The van der Waals surface area contributed by atoms with E-state index in [2.05, 4.69) is 14.5 Å². The van der Waals surface area contributed by atoms with Gasteiger partial charge in [-0.05, 0) is 13.0 Å². The van der Waals surface area contributed by atoms with Crippen LogP contribution >= 0.6 is 0 Å². The Kier molecular flexibility index (Phi) is 7.07. The van der Waals surface area contributed by atoms with Crippen molar-refractivity contribution in [1.29, 1.82) is 0 Å². The van der Waals surface area contributed by atoms with E-state index in [-0.39, 0.29) is 6.61 Å². The second kappa shape index (κ2) is 7.87. The number of allylic oxidation sites excluding steroid dienone is 1. The Morgan fingerprint density at radius 3 is 2.83 bits per heavy atom. The van der Waals surface area contributed by atoms with Crippen molar-refractivity contribution in [3.05, 3.63) is 12.3 Å². The normalized spacial score (nSPS) is 10.1. The van der Waals surface area contributed by atoms with E-state index in [1.807, 2.05) is 0 Å². The lowest BCUT2D eigenvalue weighted by molar-refractivity contribution is -0.250. The molecule has 5 heteroatoms. The zero-order valence-electron chi connectivity index (χ0n) is 6.86. The van der Waals surface area contributed by atoms with Gasteiger partial charge in [0.05, 0.1) is 13.2 Å². The maximum atomic E-state index is 9.83. The molecule has 0 amide bonds. The van der Waals surface area contributed by atoms with E-state index in [0.29, 0.717) is 13.0 Å². The molecule has 0 aliphatic heterocycles. The van der Waals surface area contributed by atoms with Crippen LogP contribution in [-0.4, -0.2) is 24.5 Å². The lowest BCUT2D eigenvalue weighted by Gasteiger charge is -2.00. The Labute approximate surface area is 70.5 Å². The van der Waals surface area contributed by atoms with E-state index in [9.17, 15) is 4.79 Å². The molecule has 0 unspecified atom stereocenters. The Hall–Kier alpha value is -1.23. The molecule has 5 nitrogen and oxygen atoms in total. The molecule has 0 aromatic carbocycles. The smallest absolute Gasteiger partial charge is 0.450 e. The quantitative estimate of drug-likeness (QED) is 0.219. The summed E-state index contributed by atoms with van der Waals surface area (Å²) in [6, 6.07) is 0. The van der Waals surface area contributed by atoms with E-state index in [1.54, 1.807) is 13.0 Å². The lowest BCUT2D eigenvalue weighted by atomic mass is 10.5.